The van der Waals surface area contributed by atoms with Crippen LogP contribution < -0.4 is 5.32 Å². The Balaban J connectivity index is 1.79. The predicted molar refractivity (Wildman–Crippen MR) is 104 cm³/mol. The van der Waals surface area contributed by atoms with Crippen molar-refractivity contribution >= 4 is 55.9 Å². The van der Waals surface area contributed by atoms with Gasteiger partial charge < -0.3 is 4.74 Å². The molecular weight excluding hydrogens is 458 g/mol. The molecule has 0 aliphatic heterocycles. The molecule has 0 saturated heterocycles. The van der Waals surface area contributed by atoms with Gasteiger partial charge in [0.1, 0.15) is 10.3 Å². The van der Waals surface area contributed by atoms with Gasteiger partial charge >= 0.3 is 5.97 Å². The number of rotatable bonds is 6. The van der Waals surface area contributed by atoms with Crippen molar-refractivity contribution in [3.63, 3.8) is 0 Å². The molecule has 0 spiro atoms. The highest BCUT2D eigenvalue weighted by atomic mass is 79.9. The van der Waals surface area contributed by atoms with Crippen molar-refractivity contribution in [1.82, 2.24) is 19.7 Å². The van der Waals surface area contributed by atoms with E-state index in [0.717, 1.165) is 0 Å². The number of amides is 1. The first-order chi connectivity index (χ1) is 13.0. The summed E-state index contributed by atoms with van der Waals surface area (Å²) >= 11 is 10.6. The van der Waals surface area contributed by atoms with Gasteiger partial charge in [-0.3, -0.25) is 14.9 Å². The molecule has 3 heterocycles. The molecule has 0 radical (unpaired) electrons. The fraction of sp³-hybridized carbons (Fsp3) is 0.188. The molecule has 8 nitrogen and oxygen atoms in total. The van der Waals surface area contributed by atoms with E-state index in [1.54, 1.807) is 36.7 Å². The van der Waals surface area contributed by atoms with E-state index in [4.69, 9.17) is 16.3 Å². The third kappa shape index (κ3) is 4.71. The van der Waals surface area contributed by atoms with Gasteiger partial charge in [-0.1, -0.05) is 11.6 Å². The summed E-state index contributed by atoms with van der Waals surface area (Å²) in [5, 5.41) is 9.31. The first-order valence-electron chi connectivity index (χ1n) is 7.75. The largest absolute Gasteiger partial charge is 0.466 e. The molecule has 0 atom stereocenters. The molecule has 0 aliphatic carbocycles. The van der Waals surface area contributed by atoms with Gasteiger partial charge in [-0.2, -0.15) is 5.10 Å². The number of aromatic nitrogens is 4. The fourth-order valence-corrected chi connectivity index (χ4v) is 3.46. The number of nitrogens with one attached hydrogen (secondary N) is 1. The SMILES string of the molecule is CCOC(=O)Cc1csc(NC(=O)c2cc(Br)nn2-c2ncccc2Cl)n1. The van der Waals surface area contributed by atoms with Gasteiger partial charge in [0.05, 0.1) is 23.7 Å². The number of hydrogen-bond acceptors (Lipinski definition) is 7. The van der Waals surface area contributed by atoms with Crippen molar-refractivity contribution in [2.24, 2.45) is 0 Å². The van der Waals surface area contributed by atoms with Crippen molar-refractivity contribution in [1.29, 1.82) is 0 Å². The Morgan fingerprint density at radius 2 is 2.26 bits per heavy atom. The van der Waals surface area contributed by atoms with Crippen molar-refractivity contribution < 1.29 is 14.3 Å². The number of anilines is 1. The molecule has 1 amide bonds. The standard InChI is InChI=1S/C16H13BrClN5O3S/c1-2-26-13(24)6-9-8-27-16(20-9)21-15(25)11-7-12(17)22-23(11)14-10(18)4-3-5-19-14/h3-5,7-8H,2,6H2,1H3,(H,20,21,25). The summed E-state index contributed by atoms with van der Waals surface area (Å²) in [6.07, 6.45) is 1.61. The maximum Gasteiger partial charge on any atom is 0.311 e. The number of carbonyl (C=O) groups is 2. The van der Waals surface area contributed by atoms with Crippen molar-refractivity contribution in [2.45, 2.75) is 13.3 Å². The molecule has 0 aromatic carbocycles. The monoisotopic (exact) mass is 469 g/mol. The highest BCUT2D eigenvalue weighted by Gasteiger charge is 2.20. The summed E-state index contributed by atoms with van der Waals surface area (Å²) in [6.45, 7) is 2.04. The summed E-state index contributed by atoms with van der Waals surface area (Å²) in [6, 6.07) is 4.89. The lowest BCUT2D eigenvalue weighted by Gasteiger charge is -2.07. The molecule has 1 N–H and O–H groups in total. The van der Waals surface area contributed by atoms with Gasteiger partial charge in [0.2, 0.25) is 0 Å². The number of esters is 1. The first-order valence-corrected chi connectivity index (χ1v) is 9.80. The summed E-state index contributed by atoms with van der Waals surface area (Å²) < 4.78 is 6.68. The van der Waals surface area contributed by atoms with E-state index in [-0.39, 0.29) is 18.1 Å². The van der Waals surface area contributed by atoms with E-state index < -0.39 is 5.91 Å². The molecule has 3 aromatic rings. The normalized spacial score (nSPS) is 10.6. The Kier molecular flexibility index (Phi) is 6.19. The fourth-order valence-electron chi connectivity index (χ4n) is 2.18. The molecule has 140 valence electrons. The zero-order valence-corrected chi connectivity index (χ0v) is 17.1. The molecular formula is C16H13BrClN5O3S. The van der Waals surface area contributed by atoms with Crippen LogP contribution in [0.5, 0.6) is 0 Å². The average molecular weight is 471 g/mol. The van der Waals surface area contributed by atoms with Gasteiger partial charge in [0.15, 0.2) is 10.9 Å². The molecule has 27 heavy (non-hydrogen) atoms. The number of hydrogen-bond donors (Lipinski definition) is 1. The van der Waals surface area contributed by atoms with Gasteiger partial charge in [-0.25, -0.2) is 14.6 Å². The van der Waals surface area contributed by atoms with Crippen LogP contribution in [0.3, 0.4) is 0 Å². The molecule has 0 fully saturated rings. The van der Waals surface area contributed by atoms with Gasteiger partial charge in [0, 0.05) is 17.6 Å². The lowest BCUT2D eigenvalue weighted by molar-refractivity contribution is -0.142. The second-order valence-electron chi connectivity index (χ2n) is 5.15. The smallest absolute Gasteiger partial charge is 0.311 e. The molecule has 0 saturated carbocycles. The van der Waals surface area contributed by atoms with E-state index in [1.165, 1.54) is 16.0 Å². The minimum Gasteiger partial charge on any atom is -0.466 e. The lowest BCUT2D eigenvalue weighted by atomic mass is 10.3. The number of nitrogens with zero attached hydrogens (tertiary/aromatic N) is 4. The van der Waals surface area contributed by atoms with Crippen LogP contribution >= 0.6 is 38.9 Å². The van der Waals surface area contributed by atoms with E-state index >= 15 is 0 Å². The van der Waals surface area contributed by atoms with Crippen LogP contribution in [-0.2, 0) is 16.0 Å². The summed E-state index contributed by atoms with van der Waals surface area (Å²) in [5.41, 5.74) is 0.751. The van der Waals surface area contributed by atoms with Crippen LogP contribution in [0, 0.1) is 0 Å². The van der Waals surface area contributed by atoms with Crippen molar-refractivity contribution in [2.75, 3.05) is 11.9 Å². The number of thiazole rings is 1. The number of carbonyl (C=O) groups excluding carboxylic acids is 2. The highest BCUT2D eigenvalue weighted by molar-refractivity contribution is 9.10. The van der Waals surface area contributed by atoms with Gasteiger partial charge in [-0.15, -0.1) is 11.3 Å². The number of ether oxygens (including phenoxy) is 1. The third-order valence-corrected chi connectivity index (χ3v) is 4.74. The summed E-state index contributed by atoms with van der Waals surface area (Å²) in [5.74, 6) is -0.475. The topological polar surface area (TPSA) is 99.0 Å². The Hall–Kier alpha value is -2.30. The van der Waals surface area contributed by atoms with Crippen LogP contribution in [0.2, 0.25) is 5.02 Å². The third-order valence-electron chi connectivity index (χ3n) is 3.25. The molecule has 11 heteroatoms. The van der Waals surface area contributed by atoms with Crippen molar-refractivity contribution in [3.05, 3.63) is 50.8 Å². The number of halogens is 2. The maximum absolute atomic E-state index is 12.7. The molecule has 0 unspecified atom stereocenters. The lowest BCUT2D eigenvalue weighted by Crippen LogP contribution is -2.17. The summed E-state index contributed by atoms with van der Waals surface area (Å²) in [7, 11) is 0. The first kappa shape index (κ1) is 19.5. The zero-order valence-electron chi connectivity index (χ0n) is 14.0. The van der Waals surface area contributed by atoms with E-state index in [2.05, 4.69) is 36.3 Å². The van der Waals surface area contributed by atoms with Gasteiger partial charge in [0.25, 0.3) is 5.91 Å². The second-order valence-corrected chi connectivity index (χ2v) is 7.23. The minimum absolute atomic E-state index is 0.0488. The zero-order chi connectivity index (χ0) is 19.4. The average Bonchev–Trinajstić information content (AvgIpc) is 3.22. The van der Waals surface area contributed by atoms with Crippen LogP contribution in [0.1, 0.15) is 23.1 Å². The highest BCUT2D eigenvalue weighted by Crippen LogP contribution is 2.23. The Morgan fingerprint density at radius 1 is 1.44 bits per heavy atom. The van der Waals surface area contributed by atoms with Gasteiger partial charge in [-0.05, 0) is 35.0 Å². The Bertz CT molecular complexity index is 990. The molecule has 0 bridgehead atoms. The Morgan fingerprint density at radius 3 is 3.00 bits per heavy atom. The predicted octanol–water partition coefficient (Wildman–Crippen LogP) is 3.50. The van der Waals surface area contributed by atoms with E-state index in [9.17, 15) is 9.59 Å². The maximum atomic E-state index is 12.7. The van der Waals surface area contributed by atoms with Crippen molar-refractivity contribution in [3.8, 4) is 5.82 Å². The molecule has 0 aliphatic rings. The quantitative estimate of drug-likeness (QED) is 0.554. The van der Waals surface area contributed by atoms with Crippen LogP contribution in [0.4, 0.5) is 5.13 Å². The number of pyridine rings is 1. The van der Waals surface area contributed by atoms with Crippen LogP contribution in [-0.4, -0.2) is 38.2 Å². The van der Waals surface area contributed by atoms with Crippen LogP contribution in [0.15, 0.2) is 34.4 Å². The Labute approximate surface area is 171 Å². The summed E-state index contributed by atoms with van der Waals surface area (Å²) in [4.78, 5) is 32.6. The molecule has 3 aromatic heterocycles. The second kappa shape index (κ2) is 8.59. The molecule has 3 rings (SSSR count). The minimum atomic E-state index is -0.438. The van der Waals surface area contributed by atoms with E-state index in [0.29, 0.717) is 32.9 Å². The van der Waals surface area contributed by atoms with E-state index in [1.807, 2.05) is 0 Å². The van der Waals surface area contributed by atoms with Crippen LogP contribution in [0.25, 0.3) is 5.82 Å².